The van der Waals surface area contributed by atoms with Crippen molar-refractivity contribution in [3.63, 3.8) is 0 Å². The summed E-state index contributed by atoms with van der Waals surface area (Å²) in [6.45, 7) is 1.37. The number of hydrogen-bond donors (Lipinski definition) is 4. The largest absolute Gasteiger partial charge is 0.399 e. The van der Waals surface area contributed by atoms with E-state index in [2.05, 4.69) is 10.0 Å². The van der Waals surface area contributed by atoms with Gasteiger partial charge >= 0.3 is 0 Å². The van der Waals surface area contributed by atoms with Gasteiger partial charge in [0.25, 0.3) is 10.0 Å². The minimum Gasteiger partial charge on any atom is -0.399 e. The van der Waals surface area contributed by atoms with Gasteiger partial charge < -0.3 is 16.8 Å². The topological polar surface area (TPSA) is 127 Å². The van der Waals surface area contributed by atoms with E-state index in [1.54, 1.807) is 0 Å². The van der Waals surface area contributed by atoms with Crippen molar-refractivity contribution in [1.82, 2.24) is 0 Å². The molecule has 0 spiro atoms. The number of nitrogens with one attached hydrogen (secondary N) is 2. The number of anilines is 4. The van der Waals surface area contributed by atoms with Crippen molar-refractivity contribution in [3.8, 4) is 0 Å². The van der Waals surface area contributed by atoms with Crippen LogP contribution in [0.3, 0.4) is 0 Å². The van der Waals surface area contributed by atoms with Crippen molar-refractivity contribution < 1.29 is 13.2 Å². The van der Waals surface area contributed by atoms with Crippen LogP contribution in [0.2, 0.25) is 0 Å². The predicted molar refractivity (Wildman–Crippen MR) is 86.8 cm³/mol. The molecule has 7 nitrogen and oxygen atoms in total. The molecule has 0 aromatic heterocycles. The molecule has 0 atom stereocenters. The third kappa shape index (κ3) is 3.89. The van der Waals surface area contributed by atoms with Gasteiger partial charge in [0.2, 0.25) is 5.91 Å². The lowest BCUT2D eigenvalue weighted by Gasteiger charge is -2.10. The minimum atomic E-state index is -3.77. The van der Waals surface area contributed by atoms with E-state index < -0.39 is 10.0 Å². The molecule has 0 bridgehead atoms. The number of amides is 1. The lowest BCUT2D eigenvalue weighted by atomic mass is 10.2. The lowest BCUT2D eigenvalue weighted by Crippen LogP contribution is -2.13. The smallest absolute Gasteiger partial charge is 0.261 e. The second kappa shape index (κ2) is 5.94. The molecule has 8 heteroatoms. The van der Waals surface area contributed by atoms with Crippen LogP contribution in [0, 0.1) is 0 Å². The Labute approximate surface area is 128 Å². The first-order valence-corrected chi connectivity index (χ1v) is 7.81. The molecule has 2 rings (SSSR count). The summed E-state index contributed by atoms with van der Waals surface area (Å²) < 4.78 is 27.0. The summed E-state index contributed by atoms with van der Waals surface area (Å²) in [5.41, 5.74) is 12.8. The summed E-state index contributed by atoms with van der Waals surface area (Å²) >= 11 is 0. The molecule has 0 fully saturated rings. The van der Waals surface area contributed by atoms with Gasteiger partial charge in [-0.3, -0.25) is 9.52 Å². The third-order valence-corrected chi connectivity index (χ3v) is 4.11. The molecule has 0 heterocycles. The molecule has 0 saturated carbocycles. The molecule has 2 aromatic carbocycles. The first kappa shape index (κ1) is 15.6. The molecule has 1 amide bonds. The van der Waals surface area contributed by atoms with Gasteiger partial charge in [-0.1, -0.05) is 0 Å². The van der Waals surface area contributed by atoms with Crippen LogP contribution in [0.5, 0.6) is 0 Å². The van der Waals surface area contributed by atoms with Gasteiger partial charge in [0, 0.05) is 24.0 Å². The van der Waals surface area contributed by atoms with E-state index in [-0.39, 0.29) is 16.5 Å². The first-order chi connectivity index (χ1) is 10.3. The first-order valence-electron chi connectivity index (χ1n) is 6.33. The van der Waals surface area contributed by atoms with Crippen LogP contribution in [-0.2, 0) is 14.8 Å². The van der Waals surface area contributed by atoms with Crippen LogP contribution >= 0.6 is 0 Å². The molecular formula is C14H16N4O3S. The van der Waals surface area contributed by atoms with Crippen molar-refractivity contribution in [2.75, 3.05) is 21.5 Å². The fourth-order valence-corrected chi connectivity index (χ4v) is 2.91. The number of hydrogen-bond acceptors (Lipinski definition) is 5. The Morgan fingerprint density at radius 2 is 1.50 bits per heavy atom. The van der Waals surface area contributed by atoms with Gasteiger partial charge in [-0.25, -0.2) is 8.42 Å². The molecule has 22 heavy (non-hydrogen) atoms. The lowest BCUT2D eigenvalue weighted by molar-refractivity contribution is -0.114. The van der Waals surface area contributed by atoms with Crippen molar-refractivity contribution in [3.05, 3.63) is 42.5 Å². The highest BCUT2D eigenvalue weighted by Crippen LogP contribution is 2.22. The van der Waals surface area contributed by atoms with E-state index in [1.165, 1.54) is 49.4 Å². The minimum absolute atomic E-state index is 0.0580. The highest BCUT2D eigenvalue weighted by atomic mass is 32.2. The Bertz CT molecular complexity index is 781. The maximum Gasteiger partial charge on any atom is 0.261 e. The van der Waals surface area contributed by atoms with Crippen molar-refractivity contribution in [2.24, 2.45) is 0 Å². The maximum atomic E-state index is 12.3. The standard InChI is InChI=1S/C14H16N4O3S/c1-9(19)17-12-2-4-14(5-3-12)22(20,21)18-13-7-10(15)6-11(16)8-13/h2-8,18H,15-16H2,1H3,(H,17,19). The van der Waals surface area contributed by atoms with E-state index in [0.717, 1.165) is 0 Å². The molecule has 0 saturated heterocycles. The summed E-state index contributed by atoms with van der Waals surface area (Å²) in [7, 11) is -3.77. The quantitative estimate of drug-likeness (QED) is 0.636. The highest BCUT2D eigenvalue weighted by molar-refractivity contribution is 7.92. The van der Waals surface area contributed by atoms with Gasteiger partial charge in [0.1, 0.15) is 0 Å². The molecule has 116 valence electrons. The van der Waals surface area contributed by atoms with Crippen LogP contribution in [0.25, 0.3) is 0 Å². The summed E-state index contributed by atoms with van der Waals surface area (Å²) in [6, 6.07) is 10.3. The zero-order valence-corrected chi connectivity index (χ0v) is 12.6. The second-order valence-electron chi connectivity index (χ2n) is 4.70. The molecule has 0 unspecified atom stereocenters. The Morgan fingerprint density at radius 1 is 0.955 bits per heavy atom. The zero-order chi connectivity index (χ0) is 16.3. The molecule has 0 aliphatic rings. The van der Waals surface area contributed by atoms with Crippen LogP contribution in [-0.4, -0.2) is 14.3 Å². The fraction of sp³-hybridized carbons (Fsp3) is 0.0714. The number of sulfonamides is 1. The molecular weight excluding hydrogens is 304 g/mol. The van der Waals surface area contributed by atoms with Crippen LogP contribution in [0.1, 0.15) is 6.92 Å². The number of carbonyl (C=O) groups is 1. The second-order valence-corrected chi connectivity index (χ2v) is 6.38. The molecule has 2 aromatic rings. The Hall–Kier alpha value is -2.74. The molecule has 0 aliphatic carbocycles. The summed E-state index contributed by atoms with van der Waals surface area (Å²) in [6.07, 6.45) is 0. The normalized spacial score (nSPS) is 11.0. The summed E-state index contributed by atoms with van der Waals surface area (Å²) in [5.74, 6) is -0.232. The van der Waals surface area contributed by atoms with E-state index in [4.69, 9.17) is 11.5 Å². The van der Waals surface area contributed by atoms with Gasteiger partial charge in [-0.05, 0) is 42.5 Å². The number of nitrogen functional groups attached to an aromatic ring is 2. The van der Waals surface area contributed by atoms with Gasteiger partial charge in [0.05, 0.1) is 10.6 Å². The Morgan fingerprint density at radius 3 is 2.00 bits per heavy atom. The summed E-state index contributed by atoms with van der Waals surface area (Å²) in [5, 5.41) is 2.56. The van der Waals surface area contributed by atoms with E-state index >= 15 is 0 Å². The number of rotatable bonds is 4. The van der Waals surface area contributed by atoms with Crippen molar-refractivity contribution >= 4 is 38.7 Å². The SMILES string of the molecule is CC(=O)Nc1ccc(S(=O)(=O)Nc2cc(N)cc(N)c2)cc1. The molecule has 0 aliphatic heterocycles. The number of carbonyl (C=O) groups excluding carboxylic acids is 1. The number of nitrogens with two attached hydrogens (primary N) is 2. The van der Waals surface area contributed by atoms with Gasteiger partial charge in [0.15, 0.2) is 0 Å². The van der Waals surface area contributed by atoms with Gasteiger partial charge in [-0.2, -0.15) is 0 Å². The van der Waals surface area contributed by atoms with Crippen LogP contribution in [0.15, 0.2) is 47.4 Å². The van der Waals surface area contributed by atoms with E-state index in [1.807, 2.05) is 0 Å². The van der Waals surface area contributed by atoms with E-state index in [0.29, 0.717) is 17.1 Å². The van der Waals surface area contributed by atoms with Crippen LogP contribution in [0.4, 0.5) is 22.7 Å². The predicted octanol–water partition coefficient (Wildman–Crippen LogP) is 1.61. The Kier molecular flexibility index (Phi) is 4.22. The summed E-state index contributed by atoms with van der Waals surface area (Å²) in [4.78, 5) is 11.0. The maximum absolute atomic E-state index is 12.3. The van der Waals surface area contributed by atoms with E-state index in [9.17, 15) is 13.2 Å². The van der Waals surface area contributed by atoms with Crippen molar-refractivity contribution in [2.45, 2.75) is 11.8 Å². The van der Waals surface area contributed by atoms with Gasteiger partial charge in [-0.15, -0.1) is 0 Å². The zero-order valence-electron chi connectivity index (χ0n) is 11.8. The molecule has 6 N–H and O–H groups in total. The Balaban J connectivity index is 2.24. The monoisotopic (exact) mass is 320 g/mol. The van der Waals surface area contributed by atoms with Crippen LogP contribution < -0.4 is 21.5 Å². The fourth-order valence-electron chi connectivity index (χ4n) is 1.87. The highest BCUT2D eigenvalue weighted by Gasteiger charge is 2.14. The van der Waals surface area contributed by atoms with Crippen molar-refractivity contribution in [1.29, 1.82) is 0 Å². The number of benzene rings is 2. The average Bonchev–Trinajstić information content (AvgIpc) is 2.36. The third-order valence-electron chi connectivity index (χ3n) is 2.71. The average molecular weight is 320 g/mol. The molecule has 0 radical (unpaired) electrons.